The molecule has 0 atom stereocenters. The summed E-state index contributed by atoms with van der Waals surface area (Å²) in [5.74, 6) is 0.768. The van der Waals surface area contributed by atoms with Crippen LogP contribution in [0.2, 0.25) is 0 Å². The molecule has 0 saturated carbocycles. The Kier molecular flexibility index (Phi) is 4.16. The van der Waals surface area contributed by atoms with E-state index in [-0.39, 0.29) is 0 Å². The van der Waals surface area contributed by atoms with Crippen molar-refractivity contribution in [2.45, 2.75) is 12.3 Å². The van der Waals surface area contributed by atoms with E-state index in [0.717, 1.165) is 19.0 Å². The molecule has 3 heteroatoms. The molecule has 3 nitrogen and oxygen atoms in total. The maximum absolute atomic E-state index is 3.41. The molecule has 0 bridgehead atoms. The van der Waals surface area contributed by atoms with Gasteiger partial charge in [0, 0.05) is 51.7 Å². The maximum Gasteiger partial charge on any atom is 0.0108 e. The van der Waals surface area contributed by atoms with Crippen LogP contribution in [0, 0.1) is 0 Å². The molecule has 2 aliphatic rings. The summed E-state index contributed by atoms with van der Waals surface area (Å²) in [6.45, 7) is 8.35. The zero-order valence-corrected chi connectivity index (χ0v) is 11.9. The fourth-order valence-corrected chi connectivity index (χ4v) is 3.13. The number of nitrogens with zero attached hydrogens (tertiary/aromatic N) is 2. The molecular weight excluding hydrogens is 234 g/mol. The van der Waals surface area contributed by atoms with E-state index in [4.69, 9.17) is 0 Å². The van der Waals surface area contributed by atoms with Gasteiger partial charge in [-0.1, -0.05) is 24.3 Å². The monoisotopic (exact) mass is 259 g/mol. The van der Waals surface area contributed by atoms with Crippen molar-refractivity contribution in [3.8, 4) is 0 Å². The summed E-state index contributed by atoms with van der Waals surface area (Å²) < 4.78 is 0. The lowest BCUT2D eigenvalue weighted by molar-refractivity contribution is 0.189. The molecule has 2 saturated heterocycles. The van der Waals surface area contributed by atoms with Gasteiger partial charge >= 0.3 is 0 Å². The number of rotatable bonds is 4. The molecule has 2 heterocycles. The Morgan fingerprint density at radius 1 is 1.21 bits per heavy atom. The van der Waals surface area contributed by atoms with Crippen LogP contribution in [0.15, 0.2) is 24.3 Å². The zero-order valence-electron chi connectivity index (χ0n) is 11.9. The van der Waals surface area contributed by atoms with Crippen molar-refractivity contribution < 1.29 is 0 Å². The second-order valence-corrected chi connectivity index (χ2v) is 6.00. The van der Waals surface area contributed by atoms with Gasteiger partial charge in [0.2, 0.25) is 0 Å². The number of hydrogen-bond donors (Lipinski definition) is 1. The van der Waals surface area contributed by atoms with E-state index in [2.05, 4.69) is 46.4 Å². The summed E-state index contributed by atoms with van der Waals surface area (Å²) >= 11 is 0. The van der Waals surface area contributed by atoms with E-state index in [0.29, 0.717) is 0 Å². The minimum atomic E-state index is 0.768. The Labute approximate surface area is 116 Å². The van der Waals surface area contributed by atoms with Gasteiger partial charge in [0.15, 0.2) is 0 Å². The normalized spacial score (nSPS) is 22.4. The number of hydrogen-bond acceptors (Lipinski definition) is 3. The molecular formula is C16H25N3. The molecule has 1 aromatic rings. The molecule has 1 N–H and O–H groups in total. The Morgan fingerprint density at radius 2 is 2.00 bits per heavy atom. The molecule has 19 heavy (non-hydrogen) atoms. The molecule has 1 aromatic carbocycles. The van der Waals surface area contributed by atoms with Crippen LogP contribution in [0.5, 0.6) is 0 Å². The highest BCUT2D eigenvalue weighted by atomic mass is 15.2. The number of nitrogens with one attached hydrogen (secondary N) is 1. The molecule has 2 fully saturated rings. The average molecular weight is 259 g/mol. The maximum atomic E-state index is 3.41. The van der Waals surface area contributed by atoms with Gasteiger partial charge in [-0.15, -0.1) is 0 Å². The fraction of sp³-hybridized carbons (Fsp3) is 0.625. The van der Waals surface area contributed by atoms with Crippen LogP contribution in [0.4, 0.5) is 0 Å². The van der Waals surface area contributed by atoms with E-state index >= 15 is 0 Å². The standard InChI is InChI=1S/C16H25N3/c1-18-12-16(13-18)15-4-2-3-14(11-15)5-8-19-9-6-17-7-10-19/h2-4,11,16-17H,5-10,12-13H2,1H3. The number of piperazine rings is 1. The smallest absolute Gasteiger partial charge is 0.0108 e. The first-order valence-electron chi connectivity index (χ1n) is 7.52. The quantitative estimate of drug-likeness (QED) is 0.875. The van der Waals surface area contributed by atoms with Crippen LogP contribution < -0.4 is 5.32 Å². The summed E-state index contributed by atoms with van der Waals surface area (Å²) in [5, 5.41) is 3.41. The van der Waals surface area contributed by atoms with Gasteiger partial charge < -0.3 is 15.1 Å². The third-order valence-electron chi connectivity index (χ3n) is 4.41. The van der Waals surface area contributed by atoms with Crippen molar-refractivity contribution in [1.29, 1.82) is 0 Å². The van der Waals surface area contributed by atoms with Crippen LogP contribution in [-0.4, -0.2) is 62.7 Å². The minimum Gasteiger partial charge on any atom is -0.314 e. The van der Waals surface area contributed by atoms with E-state index < -0.39 is 0 Å². The summed E-state index contributed by atoms with van der Waals surface area (Å²) in [5.41, 5.74) is 3.04. The van der Waals surface area contributed by atoms with Gasteiger partial charge in [0.1, 0.15) is 0 Å². The van der Waals surface area contributed by atoms with Crippen molar-refractivity contribution in [1.82, 2.24) is 15.1 Å². The van der Waals surface area contributed by atoms with Crippen molar-refractivity contribution >= 4 is 0 Å². The molecule has 2 aliphatic heterocycles. The molecule has 0 radical (unpaired) electrons. The van der Waals surface area contributed by atoms with Crippen molar-refractivity contribution in [2.75, 3.05) is 52.9 Å². The van der Waals surface area contributed by atoms with Crippen LogP contribution in [0.1, 0.15) is 17.0 Å². The molecule has 0 aliphatic carbocycles. The number of likely N-dealkylation sites (tertiary alicyclic amines) is 1. The van der Waals surface area contributed by atoms with E-state index in [1.807, 2.05) is 0 Å². The van der Waals surface area contributed by atoms with Gasteiger partial charge in [0.05, 0.1) is 0 Å². The van der Waals surface area contributed by atoms with Crippen LogP contribution in [0.25, 0.3) is 0 Å². The highest BCUT2D eigenvalue weighted by Crippen LogP contribution is 2.26. The average Bonchev–Trinajstić information content (AvgIpc) is 2.43. The molecule has 0 aromatic heterocycles. The first kappa shape index (κ1) is 13.1. The van der Waals surface area contributed by atoms with Gasteiger partial charge in [-0.3, -0.25) is 0 Å². The minimum absolute atomic E-state index is 0.768. The third-order valence-corrected chi connectivity index (χ3v) is 4.41. The fourth-order valence-electron chi connectivity index (χ4n) is 3.13. The van der Waals surface area contributed by atoms with Crippen LogP contribution in [-0.2, 0) is 6.42 Å². The zero-order chi connectivity index (χ0) is 13.1. The van der Waals surface area contributed by atoms with Gasteiger partial charge in [-0.25, -0.2) is 0 Å². The third kappa shape index (κ3) is 3.35. The second-order valence-electron chi connectivity index (χ2n) is 6.00. The first-order valence-corrected chi connectivity index (χ1v) is 7.52. The second kappa shape index (κ2) is 6.04. The first-order chi connectivity index (χ1) is 9.31. The largest absolute Gasteiger partial charge is 0.314 e. The summed E-state index contributed by atoms with van der Waals surface area (Å²) in [6, 6.07) is 9.25. The Bertz CT molecular complexity index is 406. The highest BCUT2D eigenvalue weighted by molar-refractivity contribution is 5.28. The van der Waals surface area contributed by atoms with E-state index in [1.165, 1.54) is 50.3 Å². The lowest BCUT2D eigenvalue weighted by Crippen LogP contribution is -2.44. The summed E-state index contributed by atoms with van der Waals surface area (Å²) in [4.78, 5) is 4.96. The van der Waals surface area contributed by atoms with Gasteiger partial charge in [0.25, 0.3) is 0 Å². The summed E-state index contributed by atoms with van der Waals surface area (Å²) in [6.07, 6.45) is 1.19. The van der Waals surface area contributed by atoms with Crippen molar-refractivity contribution in [3.63, 3.8) is 0 Å². The Morgan fingerprint density at radius 3 is 2.74 bits per heavy atom. The molecule has 0 amide bonds. The molecule has 104 valence electrons. The lowest BCUT2D eigenvalue weighted by Gasteiger charge is -2.36. The lowest BCUT2D eigenvalue weighted by atomic mass is 9.90. The van der Waals surface area contributed by atoms with E-state index in [1.54, 1.807) is 0 Å². The SMILES string of the molecule is CN1CC(c2cccc(CCN3CCNCC3)c2)C1. The molecule has 0 spiro atoms. The highest BCUT2D eigenvalue weighted by Gasteiger charge is 2.24. The van der Waals surface area contributed by atoms with Crippen molar-refractivity contribution in [2.24, 2.45) is 0 Å². The van der Waals surface area contributed by atoms with Crippen molar-refractivity contribution in [3.05, 3.63) is 35.4 Å². The molecule has 3 rings (SSSR count). The summed E-state index contributed by atoms with van der Waals surface area (Å²) in [7, 11) is 2.20. The van der Waals surface area contributed by atoms with Crippen LogP contribution in [0.3, 0.4) is 0 Å². The van der Waals surface area contributed by atoms with E-state index in [9.17, 15) is 0 Å². The Hall–Kier alpha value is -0.900. The number of likely N-dealkylation sites (N-methyl/N-ethyl adjacent to an activating group) is 1. The van der Waals surface area contributed by atoms with Gasteiger partial charge in [-0.05, 0) is 24.6 Å². The Balaban J connectivity index is 1.54. The predicted octanol–water partition coefficient (Wildman–Crippen LogP) is 1.16. The number of benzene rings is 1. The topological polar surface area (TPSA) is 18.5 Å². The molecule has 0 unspecified atom stereocenters. The predicted molar refractivity (Wildman–Crippen MR) is 79.7 cm³/mol. The van der Waals surface area contributed by atoms with Crippen LogP contribution >= 0.6 is 0 Å². The van der Waals surface area contributed by atoms with Gasteiger partial charge in [-0.2, -0.15) is 0 Å².